The fourth-order valence-corrected chi connectivity index (χ4v) is 2.60. The first-order valence-corrected chi connectivity index (χ1v) is 7.46. The minimum absolute atomic E-state index is 0.156. The number of phenols is 1. The number of aromatic nitrogens is 4. The van der Waals surface area contributed by atoms with Crippen molar-refractivity contribution in [2.75, 3.05) is 0 Å². The maximum absolute atomic E-state index is 12.7. The Morgan fingerprint density at radius 2 is 1.96 bits per heavy atom. The number of aryl methyl sites for hydroxylation is 1. The van der Waals surface area contributed by atoms with Gasteiger partial charge in [0.05, 0.1) is 24.4 Å². The zero-order valence-corrected chi connectivity index (χ0v) is 13.4. The van der Waals surface area contributed by atoms with Gasteiger partial charge < -0.3 is 10.2 Å². The molecule has 0 bridgehead atoms. The number of benzene rings is 1. The first-order chi connectivity index (χ1) is 11.7. The van der Waals surface area contributed by atoms with E-state index in [-0.39, 0.29) is 17.8 Å². The summed E-state index contributed by atoms with van der Waals surface area (Å²) in [5, 5.41) is 32.4. The highest BCUT2D eigenvalue weighted by Crippen LogP contribution is 2.37. The molecule has 3 aromatic rings. The molecule has 0 aliphatic rings. The fraction of sp³-hybridized carbons (Fsp3) is 0.312. The van der Waals surface area contributed by atoms with E-state index < -0.39 is 23.6 Å². The lowest BCUT2D eigenvalue weighted by molar-refractivity contribution is -0.137. The lowest BCUT2D eigenvalue weighted by Gasteiger charge is -2.11. The molecule has 0 spiro atoms. The zero-order valence-electron chi connectivity index (χ0n) is 13.4. The van der Waals surface area contributed by atoms with Crippen LogP contribution in [0.1, 0.15) is 18.1 Å². The summed E-state index contributed by atoms with van der Waals surface area (Å²) in [6.45, 7) is 3.57. The van der Waals surface area contributed by atoms with Gasteiger partial charge in [-0.2, -0.15) is 18.3 Å². The molecule has 0 unspecified atom stereocenters. The van der Waals surface area contributed by atoms with Crippen molar-refractivity contribution in [2.24, 2.45) is 0 Å². The molecule has 2 heterocycles. The molecule has 0 radical (unpaired) electrons. The van der Waals surface area contributed by atoms with E-state index in [0.29, 0.717) is 22.7 Å². The smallest absolute Gasteiger partial charge is 0.416 e. The van der Waals surface area contributed by atoms with Crippen LogP contribution in [0.5, 0.6) is 5.75 Å². The van der Waals surface area contributed by atoms with Gasteiger partial charge in [0.1, 0.15) is 11.4 Å². The van der Waals surface area contributed by atoms with Gasteiger partial charge in [0.25, 0.3) is 0 Å². The first-order valence-electron chi connectivity index (χ1n) is 7.46. The van der Waals surface area contributed by atoms with Crippen LogP contribution in [0.2, 0.25) is 0 Å². The minimum atomic E-state index is -4.54. The predicted molar refractivity (Wildman–Crippen MR) is 83.8 cm³/mol. The van der Waals surface area contributed by atoms with E-state index >= 15 is 0 Å². The largest absolute Gasteiger partial charge is 0.507 e. The Morgan fingerprint density at radius 3 is 2.56 bits per heavy atom. The van der Waals surface area contributed by atoms with Gasteiger partial charge in [-0.1, -0.05) is 0 Å². The van der Waals surface area contributed by atoms with Crippen molar-refractivity contribution >= 4 is 11.0 Å². The van der Waals surface area contributed by atoms with Crippen LogP contribution in [0, 0.1) is 6.92 Å². The number of rotatable bonds is 3. The lowest BCUT2D eigenvalue weighted by atomic mass is 10.0. The summed E-state index contributed by atoms with van der Waals surface area (Å²) in [6.07, 6.45) is -3.61. The number of aliphatic hydroxyl groups excluding tert-OH is 1. The number of halogens is 3. The van der Waals surface area contributed by atoms with Crippen LogP contribution in [0.25, 0.3) is 22.3 Å². The Balaban J connectivity index is 2.09. The van der Waals surface area contributed by atoms with E-state index in [2.05, 4.69) is 15.3 Å². The molecule has 0 amide bonds. The molecule has 1 atom stereocenters. The number of fused-ring (bicyclic) bond motifs is 1. The molecule has 132 valence electrons. The van der Waals surface area contributed by atoms with E-state index in [1.54, 1.807) is 20.0 Å². The second kappa shape index (κ2) is 5.99. The number of alkyl halides is 3. The molecule has 0 saturated carbocycles. The minimum Gasteiger partial charge on any atom is -0.507 e. The number of nitrogens with zero attached hydrogens (tertiary/aromatic N) is 4. The Labute approximate surface area is 140 Å². The Morgan fingerprint density at radius 1 is 1.24 bits per heavy atom. The summed E-state index contributed by atoms with van der Waals surface area (Å²) >= 11 is 0. The maximum Gasteiger partial charge on any atom is 0.416 e. The van der Waals surface area contributed by atoms with Crippen molar-refractivity contribution in [1.82, 2.24) is 20.0 Å². The molecule has 25 heavy (non-hydrogen) atoms. The van der Waals surface area contributed by atoms with Gasteiger partial charge in [0, 0.05) is 10.9 Å². The summed E-state index contributed by atoms with van der Waals surface area (Å²) in [7, 11) is 0. The number of hydrogen-bond donors (Lipinski definition) is 2. The third kappa shape index (κ3) is 3.14. The quantitative estimate of drug-likeness (QED) is 0.757. The average molecular weight is 352 g/mol. The molecule has 6 nitrogen and oxygen atoms in total. The van der Waals surface area contributed by atoms with Crippen LogP contribution < -0.4 is 0 Å². The topological polar surface area (TPSA) is 84.1 Å². The van der Waals surface area contributed by atoms with E-state index in [1.807, 2.05) is 0 Å². The molecule has 3 rings (SSSR count). The highest BCUT2D eigenvalue weighted by Gasteiger charge is 2.31. The SMILES string of the molecule is Cc1c(-c2ccc(C(F)(F)F)cc2O)nnc2c1cnn2C[C@@H](C)O. The fourth-order valence-electron chi connectivity index (χ4n) is 2.60. The highest BCUT2D eigenvalue weighted by molar-refractivity contribution is 5.85. The number of aromatic hydroxyl groups is 1. The first kappa shape index (κ1) is 17.2. The number of hydrogen-bond acceptors (Lipinski definition) is 5. The van der Waals surface area contributed by atoms with Crippen molar-refractivity contribution in [3.8, 4) is 17.0 Å². The summed E-state index contributed by atoms with van der Waals surface area (Å²) in [5.74, 6) is -0.525. The van der Waals surface area contributed by atoms with Crippen molar-refractivity contribution in [3.05, 3.63) is 35.5 Å². The van der Waals surface area contributed by atoms with Crippen molar-refractivity contribution in [1.29, 1.82) is 0 Å². The van der Waals surface area contributed by atoms with Crippen LogP contribution in [-0.4, -0.2) is 36.3 Å². The van der Waals surface area contributed by atoms with Gasteiger partial charge >= 0.3 is 6.18 Å². The highest BCUT2D eigenvalue weighted by atomic mass is 19.4. The van der Waals surface area contributed by atoms with Crippen LogP contribution in [-0.2, 0) is 12.7 Å². The summed E-state index contributed by atoms with van der Waals surface area (Å²) in [4.78, 5) is 0. The molecule has 0 aliphatic heterocycles. The number of phenolic OH excluding ortho intramolecular Hbond substituents is 1. The molecular formula is C16H15F3N4O2. The second-order valence-electron chi connectivity index (χ2n) is 5.82. The van der Waals surface area contributed by atoms with E-state index in [1.165, 1.54) is 10.7 Å². The third-order valence-corrected chi connectivity index (χ3v) is 3.83. The molecule has 0 saturated heterocycles. The summed E-state index contributed by atoms with van der Waals surface area (Å²) < 4.78 is 39.7. The van der Waals surface area contributed by atoms with Crippen molar-refractivity contribution in [3.63, 3.8) is 0 Å². The maximum atomic E-state index is 12.7. The summed E-state index contributed by atoms with van der Waals surface area (Å²) in [5.41, 5.74) is 0.564. The second-order valence-corrected chi connectivity index (χ2v) is 5.82. The third-order valence-electron chi connectivity index (χ3n) is 3.83. The van der Waals surface area contributed by atoms with Crippen LogP contribution in [0.15, 0.2) is 24.4 Å². The van der Waals surface area contributed by atoms with Gasteiger partial charge in [0.2, 0.25) is 0 Å². The van der Waals surface area contributed by atoms with E-state index in [9.17, 15) is 23.4 Å². The Hall–Kier alpha value is -2.68. The molecule has 9 heteroatoms. The van der Waals surface area contributed by atoms with Gasteiger partial charge in [-0.25, -0.2) is 4.68 Å². The van der Waals surface area contributed by atoms with Crippen molar-refractivity contribution < 1.29 is 23.4 Å². The van der Waals surface area contributed by atoms with Crippen LogP contribution >= 0.6 is 0 Å². The molecule has 0 fully saturated rings. The van der Waals surface area contributed by atoms with Gasteiger partial charge in [-0.3, -0.25) is 0 Å². The number of aliphatic hydroxyl groups is 1. The van der Waals surface area contributed by atoms with Crippen molar-refractivity contribution in [2.45, 2.75) is 32.7 Å². The molecule has 1 aromatic carbocycles. The monoisotopic (exact) mass is 352 g/mol. The van der Waals surface area contributed by atoms with E-state index in [0.717, 1.165) is 6.07 Å². The van der Waals surface area contributed by atoms with Gasteiger partial charge in [-0.15, -0.1) is 10.2 Å². The van der Waals surface area contributed by atoms with Gasteiger partial charge in [0.15, 0.2) is 5.65 Å². The van der Waals surface area contributed by atoms with E-state index in [4.69, 9.17) is 0 Å². The standard InChI is InChI=1S/C16H15F3N4O2/c1-8(24)7-23-15-12(6-20-23)9(2)14(21-22-15)11-4-3-10(5-13(11)25)16(17,18)19/h3-6,8,24-25H,7H2,1-2H3/t8-/m1/s1. The normalized spacial score (nSPS) is 13.4. The molecule has 2 aromatic heterocycles. The molecule has 0 aliphatic carbocycles. The lowest BCUT2D eigenvalue weighted by Crippen LogP contribution is -2.13. The molecule has 2 N–H and O–H groups in total. The summed E-state index contributed by atoms with van der Waals surface area (Å²) in [6, 6.07) is 2.72. The van der Waals surface area contributed by atoms with Gasteiger partial charge in [-0.05, 0) is 37.6 Å². The Bertz CT molecular complexity index is 935. The molecular weight excluding hydrogens is 337 g/mol. The zero-order chi connectivity index (χ0) is 18.4. The predicted octanol–water partition coefficient (Wildman–Crippen LogP) is 2.91. The van der Waals surface area contributed by atoms with Crippen LogP contribution in [0.4, 0.5) is 13.2 Å². The van der Waals surface area contributed by atoms with Crippen LogP contribution in [0.3, 0.4) is 0 Å². The average Bonchev–Trinajstić information content (AvgIpc) is 2.90. The Kier molecular flexibility index (Phi) is 4.11.